The van der Waals surface area contributed by atoms with Crippen molar-refractivity contribution in [2.24, 2.45) is 5.92 Å². The van der Waals surface area contributed by atoms with Crippen LogP contribution in [0.4, 0.5) is 0 Å². The maximum atomic E-state index is 10.6. The first kappa shape index (κ1) is 10.9. The van der Waals surface area contributed by atoms with E-state index in [0.29, 0.717) is 0 Å². The number of rotatable bonds is 4. The minimum absolute atomic E-state index is 0.0166. The second-order valence-corrected chi connectivity index (χ2v) is 3.15. The summed E-state index contributed by atoms with van der Waals surface area (Å²) in [6.45, 7) is 5.14. The lowest BCUT2D eigenvalue weighted by molar-refractivity contribution is -0.138. The fraction of sp³-hybridized carbons (Fsp3) is 0.750. The predicted molar refractivity (Wildman–Crippen MR) is 44.7 cm³/mol. The SMILES string of the molecule is CC(=O)N[C@@H](CC(=O)O)C(C)C. The summed E-state index contributed by atoms with van der Waals surface area (Å²) < 4.78 is 0. The monoisotopic (exact) mass is 173 g/mol. The molecule has 12 heavy (non-hydrogen) atoms. The van der Waals surface area contributed by atoms with Crippen molar-refractivity contribution < 1.29 is 14.7 Å². The highest BCUT2D eigenvalue weighted by Gasteiger charge is 2.17. The molecule has 0 aliphatic rings. The standard InChI is InChI=1S/C8H15NO3/c1-5(2)7(4-8(11)12)9-6(3)10/h5,7H,4H2,1-3H3,(H,9,10)(H,11,12)/t7-/m0/s1. The van der Waals surface area contributed by atoms with E-state index in [-0.39, 0.29) is 24.3 Å². The maximum absolute atomic E-state index is 10.6. The van der Waals surface area contributed by atoms with Crippen molar-refractivity contribution in [1.82, 2.24) is 5.32 Å². The van der Waals surface area contributed by atoms with Crippen LogP contribution in [0.5, 0.6) is 0 Å². The summed E-state index contributed by atoms with van der Waals surface area (Å²) in [6, 6.07) is -0.264. The van der Waals surface area contributed by atoms with E-state index in [4.69, 9.17) is 5.11 Å². The third-order valence-corrected chi connectivity index (χ3v) is 1.59. The molecule has 0 saturated heterocycles. The van der Waals surface area contributed by atoms with E-state index >= 15 is 0 Å². The molecule has 0 aliphatic carbocycles. The van der Waals surface area contributed by atoms with Gasteiger partial charge in [-0.25, -0.2) is 0 Å². The van der Waals surface area contributed by atoms with E-state index in [1.807, 2.05) is 13.8 Å². The van der Waals surface area contributed by atoms with Crippen molar-refractivity contribution in [2.75, 3.05) is 0 Å². The van der Waals surface area contributed by atoms with Crippen LogP contribution in [0, 0.1) is 5.92 Å². The topological polar surface area (TPSA) is 66.4 Å². The number of hydrogen-bond donors (Lipinski definition) is 2. The van der Waals surface area contributed by atoms with Gasteiger partial charge >= 0.3 is 5.97 Å². The molecule has 0 aromatic rings. The highest BCUT2D eigenvalue weighted by molar-refractivity contribution is 5.74. The largest absolute Gasteiger partial charge is 0.481 e. The van der Waals surface area contributed by atoms with E-state index < -0.39 is 5.97 Å². The Labute approximate surface area is 72.0 Å². The van der Waals surface area contributed by atoms with Crippen LogP contribution < -0.4 is 5.32 Å². The number of carbonyl (C=O) groups excluding carboxylic acids is 1. The quantitative estimate of drug-likeness (QED) is 0.655. The summed E-state index contributed by atoms with van der Waals surface area (Å²) in [5, 5.41) is 11.1. The Morgan fingerprint density at radius 1 is 1.42 bits per heavy atom. The highest BCUT2D eigenvalue weighted by Crippen LogP contribution is 2.05. The molecule has 1 atom stereocenters. The molecule has 0 radical (unpaired) electrons. The Morgan fingerprint density at radius 2 is 1.92 bits per heavy atom. The van der Waals surface area contributed by atoms with Crippen molar-refractivity contribution in [1.29, 1.82) is 0 Å². The van der Waals surface area contributed by atoms with Crippen molar-refractivity contribution in [2.45, 2.75) is 33.2 Å². The molecule has 4 heteroatoms. The first-order valence-corrected chi connectivity index (χ1v) is 3.92. The second kappa shape index (κ2) is 4.74. The summed E-state index contributed by atoms with van der Waals surface area (Å²) in [6.07, 6.45) is -0.0166. The normalized spacial score (nSPS) is 12.7. The van der Waals surface area contributed by atoms with Gasteiger partial charge in [-0.3, -0.25) is 9.59 Å². The van der Waals surface area contributed by atoms with Crippen LogP contribution in [0.15, 0.2) is 0 Å². The number of carboxylic acid groups (broad SMARTS) is 1. The molecule has 4 nitrogen and oxygen atoms in total. The smallest absolute Gasteiger partial charge is 0.305 e. The van der Waals surface area contributed by atoms with Gasteiger partial charge in [0.25, 0.3) is 0 Å². The average molecular weight is 173 g/mol. The molecule has 0 saturated carbocycles. The summed E-state index contributed by atoms with van der Waals surface area (Å²) in [7, 11) is 0. The third-order valence-electron chi connectivity index (χ3n) is 1.59. The van der Waals surface area contributed by atoms with E-state index in [0.717, 1.165) is 0 Å². The molecular formula is C8H15NO3. The molecule has 0 aromatic carbocycles. The fourth-order valence-corrected chi connectivity index (χ4v) is 0.903. The lowest BCUT2D eigenvalue weighted by atomic mass is 10.0. The molecule has 0 heterocycles. The van der Waals surface area contributed by atoms with E-state index in [1.165, 1.54) is 6.92 Å². The van der Waals surface area contributed by atoms with Crippen LogP contribution in [-0.2, 0) is 9.59 Å². The van der Waals surface area contributed by atoms with E-state index in [9.17, 15) is 9.59 Å². The van der Waals surface area contributed by atoms with Crippen molar-refractivity contribution in [3.63, 3.8) is 0 Å². The number of carboxylic acids is 1. The van der Waals surface area contributed by atoms with Gasteiger partial charge in [0.05, 0.1) is 6.42 Å². The summed E-state index contributed by atoms with van der Waals surface area (Å²) in [4.78, 5) is 21.0. The molecule has 0 fully saturated rings. The van der Waals surface area contributed by atoms with Gasteiger partial charge in [0, 0.05) is 13.0 Å². The van der Waals surface area contributed by atoms with Crippen molar-refractivity contribution in [3.8, 4) is 0 Å². The third kappa shape index (κ3) is 4.71. The maximum Gasteiger partial charge on any atom is 0.305 e. The first-order chi connectivity index (χ1) is 5.43. The predicted octanol–water partition coefficient (Wildman–Crippen LogP) is 0.622. The van der Waals surface area contributed by atoms with Gasteiger partial charge in [-0.2, -0.15) is 0 Å². The van der Waals surface area contributed by atoms with Crippen LogP contribution in [0.25, 0.3) is 0 Å². The molecule has 0 aromatic heterocycles. The van der Waals surface area contributed by atoms with Crippen molar-refractivity contribution in [3.05, 3.63) is 0 Å². The van der Waals surface area contributed by atoms with E-state index in [1.54, 1.807) is 0 Å². The first-order valence-electron chi connectivity index (χ1n) is 3.92. The van der Waals surface area contributed by atoms with Crippen LogP contribution in [0.1, 0.15) is 27.2 Å². The summed E-state index contributed by atoms with van der Waals surface area (Å²) >= 11 is 0. The van der Waals surface area contributed by atoms with Crippen molar-refractivity contribution >= 4 is 11.9 Å². The van der Waals surface area contributed by atoms with Gasteiger partial charge in [0.1, 0.15) is 0 Å². The molecular weight excluding hydrogens is 158 g/mol. The Hall–Kier alpha value is -1.06. The van der Waals surface area contributed by atoms with Gasteiger partial charge in [0.2, 0.25) is 5.91 Å². The molecule has 0 unspecified atom stereocenters. The lowest BCUT2D eigenvalue weighted by Gasteiger charge is -2.19. The minimum atomic E-state index is -0.887. The Bertz CT molecular complexity index is 161. The Morgan fingerprint density at radius 3 is 2.17 bits per heavy atom. The summed E-state index contributed by atoms with van der Waals surface area (Å²) in [5.74, 6) is -0.928. The molecule has 1 amide bonds. The molecule has 0 bridgehead atoms. The van der Waals surface area contributed by atoms with Crippen LogP contribution in [0.2, 0.25) is 0 Å². The number of carbonyl (C=O) groups is 2. The average Bonchev–Trinajstić information content (AvgIpc) is 1.83. The molecule has 2 N–H and O–H groups in total. The number of aliphatic carboxylic acids is 1. The zero-order valence-electron chi connectivity index (χ0n) is 7.63. The number of amides is 1. The number of nitrogens with one attached hydrogen (secondary N) is 1. The molecule has 0 rings (SSSR count). The van der Waals surface area contributed by atoms with Gasteiger partial charge in [-0.15, -0.1) is 0 Å². The molecule has 0 spiro atoms. The van der Waals surface area contributed by atoms with E-state index in [2.05, 4.69) is 5.32 Å². The zero-order chi connectivity index (χ0) is 9.72. The van der Waals surface area contributed by atoms with Gasteiger partial charge < -0.3 is 10.4 Å². The fourth-order valence-electron chi connectivity index (χ4n) is 0.903. The molecule has 0 aliphatic heterocycles. The molecule has 70 valence electrons. The Kier molecular flexibility index (Phi) is 4.33. The number of hydrogen-bond acceptors (Lipinski definition) is 2. The Balaban J connectivity index is 4.04. The van der Waals surface area contributed by atoms with Gasteiger partial charge in [-0.05, 0) is 5.92 Å². The lowest BCUT2D eigenvalue weighted by Crippen LogP contribution is -2.38. The van der Waals surface area contributed by atoms with Crippen LogP contribution >= 0.6 is 0 Å². The summed E-state index contributed by atoms with van der Waals surface area (Å²) in [5.41, 5.74) is 0. The van der Waals surface area contributed by atoms with Crippen LogP contribution in [-0.4, -0.2) is 23.0 Å². The van der Waals surface area contributed by atoms with Gasteiger partial charge in [0.15, 0.2) is 0 Å². The van der Waals surface area contributed by atoms with Crippen LogP contribution in [0.3, 0.4) is 0 Å². The highest BCUT2D eigenvalue weighted by atomic mass is 16.4. The second-order valence-electron chi connectivity index (χ2n) is 3.15. The minimum Gasteiger partial charge on any atom is -0.481 e. The van der Waals surface area contributed by atoms with Gasteiger partial charge in [-0.1, -0.05) is 13.8 Å². The zero-order valence-corrected chi connectivity index (χ0v) is 7.63.